The summed E-state index contributed by atoms with van der Waals surface area (Å²) in [4.78, 5) is 11.3. The van der Waals surface area contributed by atoms with Crippen LogP contribution in [0.2, 0.25) is 10.0 Å². The van der Waals surface area contributed by atoms with Crippen LogP contribution < -0.4 is 15.6 Å². The molecular formula is C10H13Cl2N3O3S. The molecule has 106 valence electrons. The van der Waals surface area contributed by atoms with Crippen LogP contribution in [0.3, 0.4) is 0 Å². The zero-order valence-corrected chi connectivity index (χ0v) is 12.4. The van der Waals surface area contributed by atoms with Gasteiger partial charge in [-0.1, -0.05) is 23.2 Å². The Labute approximate surface area is 121 Å². The molecule has 1 aromatic carbocycles. The number of carbonyl (C=O) groups excluding carboxylic acids is 1. The molecule has 0 aliphatic heterocycles. The summed E-state index contributed by atoms with van der Waals surface area (Å²) in [6.07, 6.45) is 0. The maximum atomic E-state index is 12.0. The summed E-state index contributed by atoms with van der Waals surface area (Å²) in [7, 11) is -3.68. The van der Waals surface area contributed by atoms with Gasteiger partial charge in [-0.3, -0.25) is 14.5 Å². The Balaban J connectivity index is 3.31. The second-order valence-electron chi connectivity index (χ2n) is 3.57. The second kappa shape index (κ2) is 6.42. The second-order valence-corrected chi connectivity index (χ2v) is 6.60. The molecule has 0 spiro atoms. The van der Waals surface area contributed by atoms with Crippen molar-refractivity contribution in [3.8, 4) is 0 Å². The van der Waals surface area contributed by atoms with E-state index in [1.165, 1.54) is 25.1 Å². The molecule has 0 unspecified atom stereocenters. The third-order valence-corrected chi connectivity index (χ3v) is 4.61. The summed E-state index contributed by atoms with van der Waals surface area (Å²) in [6, 6.07) is 4.35. The standard InChI is InChI=1S/C10H13Cl2N3O3S/c1-2-19(17,18)15(6-10(16)14-13)9-5-7(11)3-4-8(9)12/h3-5H,2,6,13H2,1H3,(H,14,16). The molecular weight excluding hydrogens is 313 g/mol. The number of nitrogens with one attached hydrogen (secondary N) is 1. The number of carbonyl (C=O) groups is 1. The van der Waals surface area contributed by atoms with E-state index < -0.39 is 22.5 Å². The van der Waals surface area contributed by atoms with Gasteiger partial charge in [-0.25, -0.2) is 14.3 Å². The summed E-state index contributed by atoms with van der Waals surface area (Å²) < 4.78 is 24.9. The van der Waals surface area contributed by atoms with Gasteiger partial charge in [-0.05, 0) is 25.1 Å². The number of nitrogens with zero attached hydrogens (tertiary/aromatic N) is 1. The Morgan fingerprint density at radius 2 is 2.05 bits per heavy atom. The van der Waals surface area contributed by atoms with Gasteiger partial charge in [0.2, 0.25) is 10.0 Å². The zero-order chi connectivity index (χ0) is 14.6. The number of amides is 1. The normalized spacial score (nSPS) is 11.2. The minimum absolute atomic E-state index is 0.139. The minimum atomic E-state index is -3.68. The number of rotatable bonds is 5. The molecule has 0 aromatic heterocycles. The number of anilines is 1. The molecule has 0 atom stereocenters. The predicted octanol–water partition coefficient (Wildman–Crippen LogP) is 1.14. The van der Waals surface area contributed by atoms with Crippen LogP contribution in [0.15, 0.2) is 18.2 Å². The topological polar surface area (TPSA) is 92.5 Å². The van der Waals surface area contributed by atoms with E-state index in [0.29, 0.717) is 5.02 Å². The van der Waals surface area contributed by atoms with Crippen molar-refractivity contribution in [2.75, 3.05) is 16.6 Å². The van der Waals surface area contributed by atoms with Crippen LogP contribution in [0, 0.1) is 0 Å². The van der Waals surface area contributed by atoms with Gasteiger partial charge in [0.15, 0.2) is 0 Å². The molecule has 19 heavy (non-hydrogen) atoms. The Kier molecular flexibility index (Phi) is 5.42. The van der Waals surface area contributed by atoms with Crippen LogP contribution in [0.5, 0.6) is 0 Å². The molecule has 0 saturated heterocycles. The average molecular weight is 326 g/mol. The SMILES string of the molecule is CCS(=O)(=O)N(CC(=O)NN)c1cc(Cl)ccc1Cl. The third-order valence-electron chi connectivity index (χ3n) is 2.33. The van der Waals surface area contributed by atoms with Crippen molar-refractivity contribution >= 4 is 44.8 Å². The highest BCUT2D eigenvalue weighted by Crippen LogP contribution is 2.30. The van der Waals surface area contributed by atoms with Gasteiger partial charge >= 0.3 is 0 Å². The maximum absolute atomic E-state index is 12.0. The van der Waals surface area contributed by atoms with Crippen molar-refractivity contribution in [1.82, 2.24) is 5.43 Å². The fraction of sp³-hybridized carbons (Fsp3) is 0.300. The summed E-state index contributed by atoms with van der Waals surface area (Å²) in [5.74, 6) is 4.13. The number of halogens is 2. The van der Waals surface area contributed by atoms with Crippen LogP contribution in [0.1, 0.15) is 6.92 Å². The maximum Gasteiger partial charge on any atom is 0.254 e. The lowest BCUT2D eigenvalue weighted by Gasteiger charge is -2.24. The quantitative estimate of drug-likeness (QED) is 0.482. The molecule has 0 radical (unpaired) electrons. The minimum Gasteiger partial charge on any atom is -0.293 e. The molecule has 0 aliphatic rings. The molecule has 9 heteroatoms. The zero-order valence-electron chi connectivity index (χ0n) is 10.1. The Hall–Kier alpha value is -1.02. The summed E-state index contributed by atoms with van der Waals surface area (Å²) in [5, 5.41) is 0.482. The van der Waals surface area contributed by atoms with E-state index >= 15 is 0 Å². The lowest BCUT2D eigenvalue weighted by atomic mass is 10.3. The number of nitrogens with two attached hydrogens (primary N) is 1. The van der Waals surface area contributed by atoms with Crippen LogP contribution in [0.4, 0.5) is 5.69 Å². The first-order valence-corrected chi connectivity index (χ1v) is 7.63. The van der Waals surface area contributed by atoms with Gasteiger partial charge in [0.25, 0.3) is 5.91 Å². The lowest BCUT2D eigenvalue weighted by molar-refractivity contribution is -0.119. The lowest BCUT2D eigenvalue weighted by Crippen LogP contribution is -2.43. The molecule has 0 heterocycles. The van der Waals surface area contributed by atoms with Crippen LogP contribution >= 0.6 is 23.2 Å². The van der Waals surface area contributed by atoms with E-state index in [0.717, 1.165) is 4.31 Å². The smallest absolute Gasteiger partial charge is 0.254 e. The highest BCUT2D eigenvalue weighted by Gasteiger charge is 2.25. The molecule has 1 aromatic rings. The highest BCUT2D eigenvalue weighted by atomic mass is 35.5. The van der Waals surface area contributed by atoms with Gasteiger partial charge < -0.3 is 0 Å². The Morgan fingerprint density at radius 1 is 1.42 bits per heavy atom. The van der Waals surface area contributed by atoms with Crippen molar-refractivity contribution < 1.29 is 13.2 Å². The van der Waals surface area contributed by atoms with E-state index in [9.17, 15) is 13.2 Å². The number of benzene rings is 1. The van der Waals surface area contributed by atoms with Gasteiger partial charge in [-0.15, -0.1) is 0 Å². The first kappa shape index (κ1) is 16.0. The first-order valence-electron chi connectivity index (χ1n) is 5.26. The highest BCUT2D eigenvalue weighted by molar-refractivity contribution is 7.92. The number of sulfonamides is 1. The van der Waals surface area contributed by atoms with Crippen LogP contribution in [0.25, 0.3) is 0 Å². The van der Waals surface area contributed by atoms with Crippen molar-refractivity contribution in [3.05, 3.63) is 28.2 Å². The monoisotopic (exact) mass is 325 g/mol. The molecule has 1 rings (SSSR count). The molecule has 3 N–H and O–H groups in total. The summed E-state index contributed by atoms with van der Waals surface area (Å²) in [6.45, 7) is 0.994. The van der Waals surface area contributed by atoms with E-state index in [1.807, 2.05) is 5.43 Å². The first-order chi connectivity index (χ1) is 8.81. The van der Waals surface area contributed by atoms with E-state index in [1.54, 1.807) is 0 Å². The Morgan fingerprint density at radius 3 is 2.58 bits per heavy atom. The molecule has 0 aliphatic carbocycles. The van der Waals surface area contributed by atoms with Crippen molar-refractivity contribution in [2.45, 2.75) is 6.92 Å². The largest absolute Gasteiger partial charge is 0.293 e. The van der Waals surface area contributed by atoms with E-state index in [-0.39, 0.29) is 16.5 Å². The number of hydrogen-bond donors (Lipinski definition) is 2. The van der Waals surface area contributed by atoms with Gasteiger partial charge in [0, 0.05) is 5.02 Å². The van der Waals surface area contributed by atoms with Crippen molar-refractivity contribution in [2.24, 2.45) is 5.84 Å². The van der Waals surface area contributed by atoms with Crippen molar-refractivity contribution in [3.63, 3.8) is 0 Å². The van der Waals surface area contributed by atoms with Crippen LogP contribution in [-0.4, -0.2) is 26.6 Å². The third kappa shape index (κ3) is 3.97. The molecule has 1 amide bonds. The predicted molar refractivity (Wildman–Crippen MR) is 75.6 cm³/mol. The van der Waals surface area contributed by atoms with E-state index in [4.69, 9.17) is 29.0 Å². The summed E-state index contributed by atoms with van der Waals surface area (Å²) >= 11 is 11.8. The molecule has 0 fully saturated rings. The molecule has 0 saturated carbocycles. The fourth-order valence-corrected chi connectivity index (χ4v) is 2.85. The summed E-state index contributed by atoms with van der Waals surface area (Å²) in [5.41, 5.74) is 2.01. The van der Waals surface area contributed by atoms with Crippen LogP contribution in [-0.2, 0) is 14.8 Å². The van der Waals surface area contributed by atoms with Gasteiger partial charge in [0.05, 0.1) is 16.5 Å². The molecule has 6 nitrogen and oxygen atoms in total. The van der Waals surface area contributed by atoms with E-state index in [2.05, 4.69) is 0 Å². The molecule has 0 bridgehead atoms. The fourth-order valence-electron chi connectivity index (χ4n) is 1.34. The van der Waals surface area contributed by atoms with Crippen molar-refractivity contribution in [1.29, 1.82) is 0 Å². The van der Waals surface area contributed by atoms with Gasteiger partial charge in [0.1, 0.15) is 6.54 Å². The average Bonchev–Trinajstić information content (AvgIpc) is 2.38. The Bertz CT molecular complexity index is 577. The van der Waals surface area contributed by atoms with Gasteiger partial charge in [-0.2, -0.15) is 0 Å². The number of hydrogen-bond acceptors (Lipinski definition) is 4. The number of hydrazine groups is 1.